The van der Waals surface area contributed by atoms with Gasteiger partial charge in [-0.1, -0.05) is 0 Å². The van der Waals surface area contributed by atoms with Gasteiger partial charge in [-0.2, -0.15) is 0 Å². The lowest BCUT2D eigenvalue weighted by molar-refractivity contribution is 0.600. The van der Waals surface area contributed by atoms with E-state index in [4.69, 9.17) is 5.73 Å². The van der Waals surface area contributed by atoms with Crippen LogP contribution in [0.3, 0.4) is 0 Å². The van der Waals surface area contributed by atoms with Gasteiger partial charge < -0.3 is 10.3 Å². The lowest BCUT2D eigenvalue weighted by Crippen LogP contribution is -2.14. The van der Waals surface area contributed by atoms with Crippen LogP contribution in [0.15, 0.2) is 11.3 Å². The molecule has 2 N–H and O–H groups in total. The van der Waals surface area contributed by atoms with Crippen LogP contribution in [-0.2, 0) is 0 Å². The molecule has 0 radical (unpaired) electrons. The Morgan fingerprint density at radius 2 is 2.38 bits per heavy atom. The molecule has 0 saturated heterocycles. The summed E-state index contributed by atoms with van der Waals surface area (Å²) in [5.41, 5.74) is 6.82. The van der Waals surface area contributed by atoms with E-state index >= 15 is 0 Å². The average Bonchev–Trinajstić information content (AvgIpc) is 2.48. The van der Waals surface area contributed by atoms with E-state index in [1.54, 1.807) is 0 Å². The second kappa shape index (κ2) is 2.96. The highest BCUT2D eigenvalue weighted by molar-refractivity contribution is 5.67. The largest absolute Gasteiger partial charge is 0.322 e. The minimum atomic E-state index is 0.0208. The Bertz CT molecular complexity index is 337. The Balaban J connectivity index is 2.49. The van der Waals surface area contributed by atoms with Crippen LogP contribution in [0.5, 0.6) is 0 Å². The first-order chi connectivity index (χ1) is 6.20. The molecule has 2 rings (SSSR count). The summed E-state index contributed by atoms with van der Waals surface area (Å²) in [7, 11) is 0. The van der Waals surface area contributed by atoms with Crippen molar-refractivity contribution in [2.75, 3.05) is 0 Å². The number of nitrogens with two attached hydrogens (primary N) is 1. The molecule has 0 saturated carbocycles. The van der Waals surface area contributed by atoms with E-state index in [9.17, 15) is 0 Å². The molecule has 2 heterocycles. The summed E-state index contributed by atoms with van der Waals surface area (Å²) in [5.74, 6) is 0.925. The van der Waals surface area contributed by atoms with Crippen molar-refractivity contribution in [2.24, 2.45) is 10.7 Å². The number of hydrogen-bond donors (Lipinski definition) is 1. The van der Waals surface area contributed by atoms with Crippen LogP contribution < -0.4 is 5.73 Å². The van der Waals surface area contributed by atoms with Crippen molar-refractivity contribution in [3.05, 3.63) is 12.0 Å². The second-order valence-corrected chi connectivity index (χ2v) is 3.61. The molecule has 1 unspecified atom stereocenters. The van der Waals surface area contributed by atoms with Crippen molar-refractivity contribution in [1.29, 1.82) is 0 Å². The predicted octanol–water partition coefficient (Wildman–Crippen LogP) is 1.57. The molecule has 70 valence electrons. The van der Waals surface area contributed by atoms with Crippen molar-refractivity contribution in [3.8, 4) is 0 Å². The van der Waals surface area contributed by atoms with Crippen LogP contribution >= 0.6 is 0 Å². The predicted molar refractivity (Wildman–Crippen MR) is 52.3 cm³/mol. The first kappa shape index (κ1) is 8.44. The standard InChI is InChI=1S/C9H14N4/c1-6(2)13-5-12-8-7(10)3-4-11-9(8)13/h4-7H,3,10H2,1-2H3. The van der Waals surface area contributed by atoms with E-state index in [0.717, 1.165) is 17.9 Å². The Kier molecular flexibility index (Phi) is 1.92. The summed E-state index contributed by atoms with van der Waals surface area (Å²) in [4.78, 5) is 8.60. The molecule has 0 spiro atoms. The lowest BCUT2D eigenvalue weighted by atomic mass is 10.1. The molecule has 13 heavy (non-hydrogen) atoms. The van der Waals surface area contributed by atoms with Crippen LogP contribution in [0.2, 0.25) is 0 Å². The van der Waals surface area contributed by atoms with Gasteiger partial charge in [0.15, 0.2) is 5.82 Å². The van der Waals surface area contributed by atoms with Crippen molar-refractivity contribution in [3.63, 3.8) is 0 Å². The van der Waals surface area contributed by atoms with Crippen LogP contribution in [-0.4, -0.2) is 15.8 Å². The summed E-state index contributed by atoms with van der Waals surface area (Å²) in [6, 6.07) is 0.409. The molecule has 4 nitrogen and oxygen atoms in total. The molecule has 0 aliphatic carbocycles. The van der Waals surface area contributed by atoms with Crippen LogP contribution in [0.25, 0.3) is 0 Å². The van der Waals surface area contributed by atoms with Gasteiger partial charge in [-0.15, -0.1) is 0 Å². The highest BCUT2D eigenvalue weighted by Gasteiger charge is 2.20. The van der Waals surface area contributed by atoms with Gasteiger partial charge in [0.2, 0.25) is 0 Å². The number of nitrogens with zero attached hydrogens (tertiary/aromatic N) is 3. The van der Waals surface area contributed by atoms with Gasteiger partial charge in [-0.3, -0.25) is 0 Å². The third-order valence-electron chi connectivity index (χ3n) is 2.28. The summed E-state index contributed by atoms with van der Waals surface area (Å²) in [5, 5.41) is 0. The zero-order chi connectivity index (χ0) is 9.42. The molecule has 4 heteroatoms. The minimum absolute atomic E-state index is 0.0208. The van der Waals surface area contributed by atoms with Gasteiger partial charge in [0.1, 0.15) is 5.69 Å². The molecule has 0 aromatic carbocycles. The quantitative estimate of drug-likeness (QED) is 0.709. The topological polar surface area (TPSA) is 56.2 Å². The van der Waals surface area contributed by atoms with Gasteiger partial charge in [0, 0.05) is 18.7 Å². The zero-order valence-electron chi connectivity index (χ0n) is 7.94. The lowest BCUT2D eigenvalue weighted by Gasteiger charge is -2.15. The second-order valence-electron chi connectivity index (χ2n) is 3.61. The number of fused-ring (bicyclic) bond motifs is 1. The Morgan fingerprint density at radius 1 is 1.62 bits per heavy atom. The van der Waals surface area contributed by atoms with E-state index in [1.165, 1.54) is 0 Å². The maximum absolute atomic E-state index is 5.89. The number of hydrogen-bond acceptors (Lipinski definition) is 3. The van der Waals surface area contributed by atoms with E-state index in [0.29, 0.717) is 6.04 Å². The van der Waals surface area contributed by atoms with Gasteiger partial charge in [-0.25, -0.2) is 9.98 Å². The molecule has 1 atom stereocenters. The van der Waals surface area contributed by atoms with Crippen molar-refractivity contribution in [1.82, 2.24) is 9.55 Å². The van der Waals surface area contributed by atoms with Gasteiger partial charge in [0.25, 0.3) is 0 Å². The molecule has 0 bridgehead atoms. The fourth-order valence-corrected chi connectivity index (χ4v) is 1.51. The van der Waals surface area contributed by atoms with Crippen molar-refractivity contribution >= 4 is 12.0 Å². The fourth-order valence-electron chi connectivity index (χ4n) is 1.51. The van der Waals surface area contributed by atoms with Crippen LogP contribution in [0.1, 0.15) is 38.0 Å². The summed E-state index contributed by atoms with van der Waals surface area (Å²) in [6.07, 6.45) is 4.48. The molecular formula is C9H14N4. The minimum Gasteiger partial charge on any atom is -0.322 e. The Hall–Kier alpha value is -1.16. The van der Waals surface area contributed by atoms with Crippen LogP contribution in [0, 0.1) is 0 Å². The van der Waals surface area contributed by atoms with E-state index in [-0.39, 0.29) is 6.04 Å². The molecule has 1 aliphatic rings. The normalized spacial score (nSPS) is 20.8. The van der Waals surface area contributed by atoms with Gasteiger partial charge >= 0.3 is 0 Å². The summed E-state index contributed by atoms with van der Waals surface area (Å²) < 4.78 is 2.05. The number of rotatable bonds is 1. The maximum Gasteiger partial charge on any atom is 0.157 e. The first-order valence-electron chi connectivity index (χ1n) is 4.55. The monoisotopic (exact) mass is 178 g/mol. The molecule has 1 aromatic heterocycles. The van der Waals surface area contributed by atoms with E-state index in [2.05, 4.69) is 23.8 Å². The Morgan fingerprint density at radius 3 is 3.08 bits per heavy atom. The van der Waals surface area contributed by atoms with Crippen molar-refractivity contribution < 1.29 is 0 Å². The molecule has 0 fully saturated rings. The number of aromatic nitrogens is 2. The number of aliphatic imine (C=N–C) groups is 1. The fraction of sp³-hybridized carbons (Fsp3) is 0.556. The van der Waals surface area contributed by atoms with E-state index < -0.39 is 0 Å². The number of imidazole rings is 1. The highest BCUT2D eigenvalue weighted by Crippen LogP contribution is 2.30. The third-order valence-corrected chi connectivity index (χ3v) is 2.28. The average molecular weight is 178 g/mol. The molecular weight excluding hydrogens is 164 g/mol. The first-order valence-corrected chi connectivity index (χ1v) is 4.55. The summed E-state index contributed by atoms with van der Waals surface area (Å²) in [6.45, 7) is 4.22. The van der Waals surface area contributed by atoms with Crippen LogP contribution in [0.4, 0.5) is 5.82 Å². The molecule has 1 aliphatic heterocycles. The highest BCUT2D eigenvalue weighted by atomic mass is 15.2. The molecule has 1 aromatic rings. The summed E-state index contributed by atoms with van der Waals surface area (Å²) >= 11 is 0. The Labute approximate surface area is 77.5 Å². The zero-order valence-corrected chi connectivity index (χ0v) is 7.94. The maximum atomic E-state index is 5.89. The van der Waals surface area contributed by atoms with Crippen molar-refractivity contribution in [2.45, 2.75) is 32.4 Å². The van der Waals surface area contributed by atoms with Gasteiger partial charge in [-0.05, 0) is 13.8 Å². The van der Waals surface area contributed by atoms with E-state index in [1.807, 2.05) is 17.1 Å². The SMILES string of the molecule is CC(C)n1cnc2c1N=CCC2N. The smallest absolute Gasteiger partial charge is 0.157 e. The third kappa shape index (κ3) is 1.27. The van der Waals surface area contributed by atoms with Gasteiger partial charge in [0.05, 0.1) is 12.4 Å². The molecule has 0 amide bonds.